The standard InChI is InChI=1S/C14H22N2O2/c1-14(2,3)13(17)16-12-7-5-11(6-8-12)15-9-10-18-4/h5-8,15H,9-10H2,1-4H3,(H,16,17). The summed E-state index contributed by atoms with van der Waals surface area (Å²) in [4.78, 5) is 11.8. The molecule has 100 valence electrons. The maximum absolute atomic E-state index is 11.8. The lowest BCUT2D eigenvalue weighted by Crippen LogP contribution is -2.27. The van der Waals surface area contributed by atoms with Crippen LogP contribution in [0.5, 0.6) is 0 Å². The zero-order chi connectivity index (χ0) is 13.6. The van der Waals surface area contributed by atoms with Crippen LogP contribution in [0.1, 0.15) is 20.8 Å². The molecule has 0 aliphatic rings. The Morgan fingerprint density at radius 3 is 2.22 bits per heavy atom. The molecule has 2 N–H and O–H groups in total. The van der Waals surface area contributed by atoms with E-state index in [2.05, 4.69) is 10.6 Å². The fourth-order valence-corrected chi connectivity index (χ4v) is 1.29. The molecule has 0 saturated carbocycles. The van der Waals surface area contributed by atoms with Gasteiger partial charge in [0, 0.05) is 30.4 Å². The van der Waals surface area contributed by atoms with Crippen LogP contribution < -0.4 is 10.6 Å². The van der Waals surface area contributed by atoms with Crippen LogP contribution in [0.2, 0.25) is 0 Å². The van der Waals surface area contributed by atoms with Gasteiger partial charge in [-0.25, -0.2) is 0 Å². The molecule has 0 aliphatic carbocycles. The predicted molar refractivity (Wildman–Crippen MR) is 74.9 cm³/mol. The second-order valence-electron chi connectivity index (χ2n) is 5.20. The maximum atomic E-state index is 11.8. The van der Waals surface area contributed by atoms with Gasteiger partial charge in [-0.3, -0.25) is 4.79 Å². The van der Waals surface area contributed by atoms with Crippen molar-refractivity contribution in [3.8, 4) is 0 Å². The van der Waals surface area contributed by atoms with Gasteiger partial charge < -0.3 is 15.4 Å². The highest BCUT2D eigenvalue weighted by molar-refractivity contribution is 5.94. The van der Waals surface area contributed by atoms with E-state index in [-0.39, 0.29) is 11.3 Å². The minimum absolute atomic E-state index is 0.0163. The quantitative estimate of drug-likeness (QED) is 0.790. The first-order valence-electron chi connectivity index (χ1n) is 6.08. The summed E-state index contributed by atoms with van der Waals surface area (Å²) in [6.45, 7) is 7.11. The number of ether oxygens (including phenoxy) is 1. The Morgan fingerprint density at radius 2 is 1.72 bits per heavy atom. The van der Waals surface area contributed by atoms with E-state index in [1.807, 2.05) is 45.0 Å². The third-order valence-electron chi connectivity index (χ3n) is 2.46. The molecule has 4 nitrogen and oxygen atoms in total. The molecule has 0 bridgehead atoms. The van der Waals surface area contributed by atoms with Crippen molar-refractivity contribution in [1.29, 1.82) is 0 Å². The van der Waals surface area contributed by atoms with Crippen molar-refractivity contribution >= 4 is 17.3 Å². The van der Waals surface area contributed by atoms with Gasteiger partial charge in [0.1, 0.15) is 0 Å². The van der Waals surface area contributed by atoms with Gasteiger partial charge in [-0.05, 0) is 24.3 Å². The summed E-state index contributed by atoms with van der Waals surface area (Å²) in [5.41, 5.74) is 1.45. The lowest BCUT2D eigenvalue weighted by atomic mass is 9.95. The van der Waals surface area contributed by atoms with Crippen molar-refractivity contribution in [2.24, 2.45) is 5.41 Å². The second kappa shape index (κ2) is 6.40. The fourth-order valence-electron chi connectivity index (χ4n) is 1.29. The van der Waals surface area contributed by atoms with Gasteiger partial charge >= 0.3 is 0 Å². The van der Waals surface area contributed by atoms with E-state index >= 15 is 0 Å². The SMILES string of the molecule is COCCNc1ccc(NC(=O)C(C)(C)C)cc1. The molecular formula is C14H22N2O2. The molecule has 4 heteroatoms. The van der Waals surface area contributed by atoms with Crippen LogP contribution in [0, 0.1) is 5.41 Å². The number of methoxy groups -OCH3 is 1. The summed E-state index contributed by atoms with van der Waals surface area (Å²) in [5.74, 6) is 0.0163. The van der Waals surface area contributed by atoms with Crippen molar-refractivity contribution in [2.45, 2.75) is 20.8 Å². The average Bonchev–Trinajstić information content (AvgIpc) is 2.30. The number of nitrogens with one attached hydrogen (secondary N) is 2. The minimum atomic E-state index is -0.380. The number of hydrogen-bond acceptors (Lipinski definition) is 3. The summed E-state index contributed by atoms with van der Waals surface area (Å²) < 4.78 is 4.96. The number of carbonyl (C=O) groups excluding carboxylic acids is 1. The molecule has 0 aliphatic heterocycles. The molecule has 1 rings (SSSR count). The van der Waals surface area contributed by atoms with Gasteiger partial charge in [-0.1, -0.05) is 20.8 Å². The van der Waals surface area contributed by atoms with Crippen molar-refractivity contribution in [1.82, 2.24) is 0 Å². The molecule has 1 amide bonds. The molecule has 0 heterocycles. The highest BCUT2D eigenvalue weighted by Gasteiger charge is 2.20. The van der Waals surface area contributed by atoms with E-state index < -0.39 is 0 Å². The molecule has 0 aromatic heterocycles. The average molecular weight is 250 g/mol. The van der Waals surface area contributed by atoms with Gasteiger partial charge in [0.2, 0.25) is 5.91 Å². The van der Waals surface area contributed by atoms with E-state index in [1.165, 1.54) is 0 Å². The number of hydrogen-bond donors (Lipinski definition) is 2. The van der Waals surface area contributed by atoms with Crippen LogP contribution in [-0.4, -0.2) is 26.2 Å². The lowest BCUT2D eigenvalue weighted by Gasteiger charge is -2.17. The number of rotatable bonds is 5. The van der Waals surface area contributed by atoms with Crippen LogP contribution in [-0.2, 0) is 9.53 Å². The topological polar surface area (TPSA) is 50.4 Å². The van der Waals surface area contributed by atoms with Gasteiger partial charge in [0.25, 0.3) is 0 Å². The Kier molecular flexibility index (Phi) is 5.16. The van der Waals surface area contributed by atoms with Crippen LogP contribution in [0.3, 0.4) is 0 Å². The largest absolute Gasteiger partial charge is 0.383 e. The highest BCUT2D eigenvalue weighted by atomic mass is 16.5. The zero-order valence-corrected chi connectivity index (χ0v) is 11.5. The van der Waals surface area contributed by atoms with Crippen LogP contribution in [0.25, 0.3) is 0 Å². The molecule has 0 saturated heterocycles. The van der Waals surface area contributed by atoms with Crippen molar-refractivity contribution in [3.63, 3.8) is 0 Å². The number of carbonyl (C=O) groups is 1. The van der Waals surface area contributed by atoms with E-state index in [0.29, 0.717) is 6.61 Å². The number of amides is 1. The summed E-state index contributed by atoms with van der Waals surface area (Å²) in [7, 11) is 1.67. The molecule has 0 radical (unpaired) electrons. The summed E-state index contributed by atoms with van der Waals surface area (Å²) in [6, 6.07) is 7.65. The monoisotopic (exact) mass is 250 g/mol. The van der Waals surface area contributed by atoms with E-state index in [9.17, 15) is 4.79 Å². The van der Waals surface area contributed by atoms with Crippen molar-refractivity contribution in [3.05, 3.63) is 24.3 Å². The van der Waals surface area contributed by atoms with Crippen LogP contribution >= 0.6 is 0 Å². The minimum Gasteiger partial charge on any atom is -0.383 e. The van der Waals surface area contributed by atoms with Crippen molar-refractivity contribution in [2.75, 3.05) is 30.9 Å². The number of benzene rings is 1. The van der Waals surface area contributed by atoms with Gasteiger partial charge in [0.05, 0.1) is 6.61 Å². The maximum Gasteiger partial charge on any atom is 0.229 e. The molecule has 1 aromatic rings. The van der Waals surface area contributed by atoms with E-state index in [1.54, 1.807) is 7.11 Å². The van der Waals surface area contributed by atoms with Crippen LogP contribution in [0.15, 0.2) is 24.3 Å². The highest BCUT2D eigenvalue weighted by Crippen LogP contribution is 2.18. The zero-order valence-electron chi connectivity index (χ0n) is 11.5. The first-order chi connectivity index (χ1) is 8.43. The third kappa shape index (κ3) is 4.75. The Balaban J connectivity index is 2.53. The fraction of sp³-hybridized carbons (Fsp3) is 0.500. The van der Waals surface area contributed by atoms with E-state index in [0.717, 1.165) is 17.9 Å². The third-order valence-corrected chi connectivity index (χ3v) is 2.46. The van der Waals surface area contributed by atoms with Gasteiger partial charge in [-0.2, -0.15) is 0 Å². The summed E-state index contributed by atoms with van der Waals surface area (Å²) in [6.07, 6.45) is 0. The van der Waals surface area contributed by atoms with Gasteiger partial charge in [0.15, 0.2) is 0 Å². The Bertz CT molecular complexity index is 380. The first kappa shape index (κ1) is 14.5. The molecule has 0 unspecified atom stereocenters. The molecular weight excluding hydrogens is 228 g/mol. The summed E-state index contributed by atoms with van der Waals surface area (Å²) in [5, 5.41) is 6.10. The lowest BCUT2D eigenvalue weighted by molar-refractivity contribution is -0.123. The Hall–Kier alpha value is -1.55. The predicted octanol–water partition coefficient (Wildman–Crippen LogP) is 2.73. The van der Waals surface area contributed by atoms with Crippen LogP contribution in [0.4, 0.5) is 11.4 Å². The molecule has 0 spiro atoms. The smallest absolute Gasteiger partial charge is 0.229 e. The molecule has 0 fully saturated rings. The van der Waals surface area contributed by atoms with Gasteiger partial charge in [-0.15, -0.1) is 0 Å². The Labute approximate surface area is 109 Å². The van der Waals surface area contributed by atoms with E-state index in [4.69, 9.17) is 4.74 Å². The Morgan fingerprint density at radius 1 is 1.17 bits per heavy atom. The molecule has 1 aromatic carbocycles. The molecule has 0 atom stereocenters. The number of anilines is 2. The molecule has 18 heavy (non-hydrogen) atoms. The second-order valence-corrected chi connectivity index (χ2v) is 5.20. The van der Waals surface area contributed by atoms with Crippen molar-refractivity contribution < 1.29 is 9.53 Å². The first-order valence-corrected chi connectivity index (χ1v) is 6.08. The summed E-state index contributed by atoms with van der Waals surface area (Å²) >= 11 is 0. The normalized spacial score (nSPS) is 11.1.